The van der Waals surface area contributed by atoms with E-state index in [1.54, 1.807) is 0 Å². The zero-order valence-electron chi connectivity index (χ0n) is 32.3. The third-order valence-corrected chi connectivity index (χ3v) is 11.3. The van der Waals surface area contributed by atoms with E-state index < -0.39 is 56.1 Å². The number of carbonyl (C=O) groups is 1. The molecule has 0 amide bonds. The highest BCUT2D eigenvalue weighted by atomic mass is 31.1. The lowest BCUT2D eigenvalue weighted by Crippen LogP contribution is -2.62. The summed E-state index contributed by atoms with van der Waals surface area (Å²) >= 11 is 0. The molecule has 0 aromatic rings. The Morgan fingerprint density at radius 2 is 0.940 bits per heavy atom. The summed E-state index contributed by atoms with van der Waals surface area (Å²) < 4.78 is 24.3. The fraction of sp³-hybridized carbons (Fsp3) is 0.925. The quantitative estimate of drug-likeness (QED) is 0.0205. The molecule has 4 atom stereocenters. The van der Waals surface area contributed by atoms with Crippen LogP contribution in [0.1, 0.15) is 200 Å². The van der Waals surface area contributed by atoms with Gasteiger partial charge in [0.05, 0.1) is 19.3 Å². The molecule has 9 nitrogen and oxygen atoms in total. The Labute approximate surface area is 306 Å². The second-order valence-electron chi connectivity index (χ2n) is 14.6. The van der Waals surface area contributed by atoms with Crippen molar-refractivity contribution in [2.24, 2.45) is 5.92 Å². The standard InChI is InChI=1S/C40H77O8P.H3N/c1-3-5-7-9-11-13-15-17-19-21-23-25-27-29-31-36(32-30-28-26-24-22-20-18-16-14-12-10-8-6-4-2)38(44)39(45,35-42)40(46,49(47)48)33-37(43)34-41;/h17,19,36-37,41-43,45-46H,3-16,18,20-35H2,1-2H3;1H3/b19-17-;. The molecule has 4 unspecified atom stereocenters. The summed E-state index contributed by atoms with van der Waals surface area (Å²) in [6, 6.07) is 0. The molecule has 0 spiro atoms. The lowest BCUT2D eigenvalue weighted by molar-refractivity contribution is -0.175. The minimum atomic E-state index is -3.85. The van der Waals surface area contributed by atoms with E-state index in [0.717, 1.165) is 57.8 Å². The van der Waals surface area contributed by atoms with E-state index in [1.807, 2.05) is 0 Å². The highest BCUT2D eigenvalue weighted by molar-refractivity contribution is 7.32. The summed E-state index contributed by atoms with van der Waals surface area (Å²) in [6.45, 7) is 2.31. The summed E-state index contributed by atoms with van der Waals surface area (Å²) in [5.74, 6) is -1.64. The molecule has 0 aromatic carbocycles. The Hall–Kier alpha value is -0.930. The number of unbranched alkanes of at least 4 members (excludes halogenated alkanes) is 23. The van der Waals surface area contributed by atoms with E-state index in [4.69, 9.17) is 0 Å². The first-order valence-electron chi connectivity index (χ1n) is 20.3. The molecule has 0 saturated heterocycles. The number of aliphatic hydroxyl groups excluding tert-OH is 3. The van der Waals surface area contributed by atoms with Gasteiger partial charge in [0.25, 0.3) is 0 Å². The van der Waals surface area contributed by atoms with Gasteiger partial charge in [-0.2, -0.15) is 0 Å². The minimum Gasteiger partial charge on any atom is -0.394 e. The Balaban J connectivity index is 0. The molecule has 0 bridgehead atoms. The first-order chi connectivity index (χ1) is 23.6. The predicted molar refractivity (Wildman–Crippen MR) is 206 cm³/mol. The molecule has 0 heterocycles. The zero-order valence-corrected chi connectivity index (χ0v) is 33.2. The summed E-state index contributed by atoms with van der Waals surface area (Å²) in [5.41, 5.74) is -3.00. The van der Waals surface area contributed by atoms with Gasteiger partial charge >= 0.3 is 7.68 Å². The lowest BCUT2D eigenvalue weighted by atomic mass is 9.78. The van der Waals surface area contributed by atoms with Crippen LogP contribution in [0.4, 0.5) is 0 Å². The fourth-order valence-electron chi connectivity index (χ4n) is 6.80. The van der Waals surface area contributed by atoms with Crippen LogP contribution in [0.25, 0.3) is 0 Å². The SMILES string of the molecule is CCCCCCCC/C=C\CCCCCCC(CCCCCCCCCCCCCCCC)C(=O)C(O)(CO)C(O)(CC(O)CO)P(=O)=O.N. The molecule has 0 radical (unpaired) electrons. The van der Waals surface area contributed by atoms with Gasteiger partial charge in [-0.1, -0.05) is 167 Å². The van der Waals surface area contributed by atoms with E-state index in [2.05, 4.69) is 26.0 Å². The average Bonchev–Trinajstić information content (AvgIpc) is 3.09. The number of Topliss-reactive ketones (excluding diaryl/α,β-unsaturated/α-hetero) is 1. The largest absolute Gasteiger partial charge is 0.394 e. The first kappa shape index (κ1) is 51.2. The van der Waals surface area contributed by atoms with Crippen molar-refractivity contribution in [3.05, 3.63) is 12.2 Å². The molecular weight excluding hydrogens is 653 g/mol. The molecule has 8 N–H and O–H groups in total. The number of aliphatic hydroxyl groups is 5. The van der Waals surface area contributed by atoms with Gasteiger partial charge in [-0.3, -0.25) is 4.79 Å². The van der Waals surface area contributed by atoms with Crippen LogP contribution < -0.4 is 6.15 Å². The van der Waals surface area contributed by atoms with Crippen molar-refractivity contribution in [3.63, 3.8) is 0 Å². The maximum Gasteiger partial charge on any atom is 0.351 e. The van der Waals surface area contributed by atoms with Crippen molar-refractivity contribution in [2.75, 3.05) is 13.2 Å². The van der Waals surface area contributed by atoms with Crippen molar-refractivity contribution in [3.8, 4) is 0 Å². The van der Waals surface area contributed by atoms with Crippen molar-refractivity contribution in [1.82, 2.24) is 6.15 Å². The Kier molecular flexibility index (Phi) is 34.7. The molecule has 50 heavy (non-hydrogen) atoms. The third-order valence-electron chi connectivity index (χ3n) is 10.2. The van der Waals surface area contributed by atoms with E-state index in [-0.39, 0.29) is 6.15 Å². The zero-order chi connectivity index (χ0) is 36.6. The number of carbonyl (C=O) groups excluding carboxylic acids is 1. The van der Waals surface area contributed by atoms with Gasteiger partial charge in [0.1, 0.15) is 0 Å². The van der Waals surface area contributed by atoms with Crippen LogP contribution in [0.3, 0.4) is 0 Å². The van der Waals surface area contributed by atoms with Crippen LogP contribution in [-0.4, -0.2) is 61.6 Å². The van der Waals surface area contributed by atoms with Gasteiger partial charge in [-0.15, -0.1) is 0 Å². The van der Waals surface area contributed by atoms with Crippen LogP contribution in [0.5, 0.6) is 0 Å². The summed E-state index contributed by atoms with van der Waals surface area (Å²) in [7, 11) is -3.85. The number of hydrogen-bond acceptors (Lipinski definition) is 9. The molecule has 0 fully saturated rings. The molecular formula is C40H80NO8P. The smallest absolute Gasteiger partial charge is 0.351 e. The van der Waals surface area contributed by atoms with E-state index in [9.17, 15) is 39.5 Å². The average molecular weight is 734 g/mol. The molecule has 0 aromatic heterocycles. The van der Waals surface area contributed by atoms with Gasteiger partial charge in [0, 0.05) is 12.3 Å². The van der Waals surface area contributed by atoms with Gasteiger partial charge in [0.2, 0.25) is 5.34 Å². The molecule has 0 saturated carbocycles. The van der Waals surface area contributed by atoms with Gasteiger partial charge < -0.3 is 31.7 Å². The second kappa shape index (κ2) is 33.9. The normalized spacial score (nSPS) is 15.3. The predicted octanol–water partition coefficient (Wildman–Crippen LogP) is 10.2. The number of ketones is 1. The molecule has 0 rings (SSSR count). The maximum absolute atomic E-state index is 13.8. The van der Waals surface area contributed by atoms with Crippen molar-refractivity contribution < 1.29 is 39.5 Å². The van der Waals surface area contributed by atoms with Crippen molar-refractivity contribution in [1.29, 1.82) is 0 Å². The summed E-state index contributed by atoms with van der Waals surface area (Å²) in [4.78, 5) is 13.8. The van der Waals surface area contributed by atoms with Crippen LogP contribution >= 0.6 is 7.68 Å². The van der Waals surface area contributed by atoms with Crippen LogP contribution in [0.15, 0.2) is 12.2 Å². The number of allylic oxidation sites excluding steroid dienone is 2. The highest BCUT2D eigenvalue weighted by Gasteiger charge is 2.60. The monoisotopic (exact) mass is 734 g/mol. The highest BCUT2D eigenvalue weighted by Crippen LogP contribution is 2.43. The van der Waals surface area contributed by atoms with Gasteiger partial charge in [-0.05, 0) is 38.5 Å². The molecule has 0 aliphatic heterocycles. The first-order valence-corrected chi connectivity index (χ1v) is 21.5. The molecule has 0 aliphatic rings. The van der Waals surface area contributed by atoms with E-state index in [0.29, 0.717) is 19.3 Å². The van der Waals surface area contributed by atoms with Crippen molar-refractivity contribution in [2.45, 2.75) is 217 Å². The topological polar surface area (TPSA) is 187 Å². The van der Waals surface area contributed by atoms with Gasteiger partial charge in [0.15, 0.2) is 11.4 Å². The summed E-state index contributed by atoms with van der Waals surface area (Å²) in [6.07, 6.45) is 33.0. The Morgan fingerprint density at radius 1 is 0.600 bits per heavy atom. The number of rotatable bonds is 37. The Morgan fingerprint density at radius 3 is 1.26 bits per heavy atom. The minimum absolute atomic E-state index is 0. The second-order valence-corrected chi connectivity index (χ2v) is 15.9. The van der Waals surface area contributed by atoms with Crippen LogP contribution in [-0.2, 0) is 13.9 Å². The third kappa shape index (κ3) is 22.9. The fourth-order valence-corrected chi connectivity index (χ4v) is 7.65. The van der Waals surface area contributed by atoms with E-state index >= 15 is 0 Å². The molecule has 0 aliphatic carbocycles. The number of hydrogen-bond donors (Lipinski definition) is 6. The maximum atomic E-state index is 13.8. The summed E-state index contributed by atoms with van der Waals surface area (Å²) in [5, 5.41) is 48.5. The van der Waals surface area contributed by atoms with Crippen molar-refractivity contribution >= 4 is 13.5 Å². The Bertz CT molecular complexity index is 877. The molecule has 10 heteroatoms. The van der Waals surface area contributed by atoms with Crippen LogP contribution in [0.2, 0.25) is 0 Å². The molecule has 298 valence electrons. The lowest BCUT2D eigenvalue weighted by Gasteiger charge is -2.39. The van der Waals surface area contributed by atoms with Gasteiger partial charge in [-0.25, -0.2) is 9.13 Å². The van der Waals surface area contributed by atoms with Crippen LogP contribution in [0, 0.1) is 5.92 Å². The van der Waals surface area contributed by atoms with E-state index in [1.165, 1.54) is 103 Å².